The Morgan fingerprint density at radius 3 is 2.89 bits per heavy atom. The fourth-order valence-corrected chi connectivity index (χ4v) is 2.39. The van der Waals surface area contributed by atoms with Gasteiger partial charge in [-0.25, -0.2) is 0 Å². The number of carboxylic acids is 1. The van der Waals surface area contributed by atoms with Crippen LogP contribution in [0.1, 0.15) is 19.8 Å². The molecule has 1 aliphatic rings. The van der Waals surface area contributed by atoms with E-state index in [1.807, 2.05) is 0 Å². The summed E-state index contributed by atoms with van der Waals surface area (Å²) in [5, 5.41) is 14.2. The molecule has 0 aromatic carbocycles. The predicted octanol–water partition coefficient (Wildman–Crippen LogP) is -0.165. The van der Waals surface area contributed by atoms with Gasteiger partial charge in [0.1, 0.15) is 0 Å². The minimum Gasteiger partial charge on any atom is -0.481 e. The Balaban J connectivity index is 2.06. The maximum atomic E-state index is 11.6. The molecule has 1 aliphatic heterocycles. The molecule has 6 nitrogen and oxygen atoms in total. The van der Waals surface area contributed by atoms with Crippen LogP contribution in [0.5, 0.6) is 0 Å². The summed E-state index contributed by atoms with van der Waals surface area (Å²) in [4.78, 5) is 33.1. The number of carbonyl (C=O) groups is 3. The highest BCUT2D eigenvalue weighted by atomic mass is 32.2. The average molecular weight is 274 g/mol. The van der Waals surface area contributed by atoms with Crippen LogP contribution in [0.3, 0.4) is 0 Å². The number of ketones is 1. The molecule has 1 saturated heterocycles. The molecule has 0 bridgehead atoms. The zero-order chi connectivity index (χ0) is 13.5. The van der Waals surface area contributed by atoms with Crippen molar-refractivity contribution in [2.24, 2.45) is 5.92 Å². The molecule has 18 heavy (non-hydrogen) atoms. The van der Waals surface area contributed by atoms with Crippen LogP contribution in [0, 0.1) is 5.92 Å². The third-order valence-corrected chi connectivity index (χ3v) is 3.82. The number of rotatable bonds is 8. The number of hydrogen-bond acceptors (Lipinski definition) is 5. The number of Topliss-reactive ketones (excluding diaryl/α,β-unsaturated/α-hetero) is 1. The van der Waals surface area contributed by atoms with E-state index in [0.29, 0.717) is 24.5 Å². The van der Waals surface area contributed by atoms with Crippen molar-refractivity contribution in [3.05, 3.63) is 0 Å². The highest BCUT2D eigenvalue weighted by Gasteiger charge is 2.26. The molecule has 1 heterocycles. The maximum absolute atomic E-state index is 11.6. The van der Waals surface area contributed by atoms with Gasteiger partial charge in [-0.2, -0.15) is 0 Å². The van der Waals surface area contributed by atoms with Crippen molar-refractivity contribution in [2.45, 2.75) is 25.8 Å². The van der Waals surface area contributed by atoms with Crippen LogP contribution in [-0.4, -0.2) is 47.0 Å². The van der Waals surface area contributed by atoms with E-state index in [0.717, 1.165) is 0 Å². The number of hydrogen-bond donors (Lipinski definition) is 3. The highest BCUT2D eigenvalue weighted by molar-refractivity contribution is 7.99. The van der Waals surface area contributed by atoms with E-state index in [-0.39, 0.29) is 30.2 Å². The second-order valence-corrected chi connectivity index (χ2v) is 5.34. The first-order chi connectivity index (χ1) is 8.50. The van der Waals surface area contributed by atoms with Crippen molar-refractivity contribution >= 4 is 29.4 Å². The van der Waals surface area contributed by atoms with Gasteiger partial charge in [-0.1, -0.05) is 6.92 Å². The van der Waals surface area contributed by atoms with Gasteiger partial charge < -0.3 is 15.7 Å². The Morgan fingerprint density at radius 2 is 2.33 bits per heavy atom. The van der Waals surface area contributed by atoms with E-state index in [4.69, 9.17) is 5.11 Å². The van der Waals surface area contributed by atoms with Crippen molar-refractivity contribution in [3.63, 3.8) is 0 Å². The minimum atomic E-state index is -0.813. The van der Waals surface area contributed by atoms with Crippen molar-refractivity contribution in [1.29, 1.82) is 0 Å². The second kappa shape index (κ2) is 7.38. The lowest BCUT2D eigenvalue weighted by Gasteiger charge is -2.10. The van der Waals surface area contributed by atoms with E-state index in [9.17, 15) is 14.4 Å². The number of thioether (sulfide) groups is 1. The molecule has 3 N–H and O–H groups in total. The molecular weight excluding hydrogens is 256 g/mol. The molecule has 2 atom stereocenters. The average Bonchev–Trinajstić information content (AvgIpc) is 2.74. The number of nitrogens with one attached hydrogen (secondary N) is 2. The fraction of sp³-hybridized carbons (Fsp3) is 0.727. The lowest BCUT2D eigenvalue weighted by molar-refractivity contribution is -0.140. The Labute approximate surface area is 110 Å². The molecule has 0 spiro atoms. The summed E-state index contributed by atoms with van der Waals surface area (Å²) >= 11 is 1.44. The van der Waals surface area contributed by atoms with Crippen LogP contribution in [0.15, 0.2) is 0 Å². The van der Waals surface area contributed by atoms with Gasteiger partial charge in [0.2, 0.25) is 5.91 Å². The van der Waals surface area contributed by atoms with Crippen molar-refractivity contribution in [1.82, 2.24) is 10.6 Å². The summed E-state index contributed by atoms with van der Waals surface area (Å²) in [5.41, 5.74) is 0. The van der Waals surface area contributed by atoms with Gasteiger partial charge in [0.05, 0.1) is 18.5 Å². The van der Waals surface area contributed by atoms with Crippen LogP contribution < -0.4 is 10.6 Å². The van der Waals surface area contributed by atoms with Gasteiger partial charge in [0.15, 0.2) is 5.78 Å². The zero-order valence-corrected chi connectivity index (χ0v) is 11.1. The standard InChI is InChI=1S/C11H18N2O4S/c1-7(11(16)17)5-18-6-12-4-9(14)8-2-3-10(15)13-8/h7-8,12H,2-6H2,1H3,(H,13,15)(H,16,17)/t7?,8-/m0/s1. The molecule has 0 aromatic heterocycles. The fourth-order valence-electron chi connectivity index (χ4n) is 1.53. The number of carbonyl (C=O) groups excluding carboxylic acids is 2. The lowest BCUT2D eigenvalue weighted by atomic mass is 10.1. The van der Waals surface area contributed by atoms with Crippen molar-refractivity contribution in [2.75, 3.05) is 18.2 Å². The normalized spacial score (nSPS) is 20.5. The Morgan fingerprint density at radius 1 is 1.61 bits per heavy atom. The van der Waals surface area contributed by atoms with E-state index in [2.05, 4.69) is 10.6 Å². The Kier molecular flexibility index (Phi) is 6.14. The molecule has 0 saturated carbocycles. The molecule has 1 unspecified atom stereocenters. The van der Waals surface area contributed by atoms with Crippen LogP contribution in [-0.2, 0) is 14.4 Å². The predicted molar refractivity (Wildman–Crippen MR) is 68.3 cm³/mol. The molecule has 102 valence electrons. The first-order valence-electron chi connectivity index (χ1n) is 5.84. The largest absolute Gasteiger partial charge is 0.481 e. The Bertz CT molecular complexity index is 335. The van der Waals surface area contributed by atoms with Gasteiger partial charge in [-0.15, -0.1) is 11.8 Å². The number of aliphatic carboxylic acids is 1. The van der Waals surface area contributed by atoms with Gasteiger partial charge in [-0.05, 0) is 6.42 Å². The van der Waals surface area contributed by atoms with Gasteiger partial charge >= 0.3 is 5.97 Å². The molecular formula is C11H18N2O4S. The first kappa shape index (κ1) is 15.0. The quantitative estimate of drug-likeness (QED) is 0.420. The van der Waals surface area contributed by atoms with Crippen molar-refractivity contribution < 1.29 is 19.5 Å². The molecule has 1 amide bonds. The topological polar surface area (TPSA) is 95.5 Å². The van der Waals surface area contributed by atoms with E-state index >= 15 is 0 Å². The zero-order valence-electron chi connectivity index (χ0n) is 10.3. The summed E-state index contributed by atoms with van der Waals surface area (Å²) in [6, 6.07) is -0.354. The summed E-state index contributed by atoms with van der Waals surface area (Å²) in [7, 11) is 0. The Hall–Kier alpha value is -1.08. The number of carboxylic acid groups (broad SMARTS) is 1. The monoisotopic (exact) mass is 274 g/mol. The van der Waals surface area contributed by atoms with Crippen LogP contribution in [0.4, 0.5) is 0 Å². The van der Waals surface area contributed by atoms with Crippen LogP contribution in [0.2, 0.25) is 0 Å². The maximum Gasteiger partial charge on any atom is 0.307 e. The van der Waals surface area contributed by atoms with Gasteiger partial charge in [0.25, 0.3) is 0 Å². The second-order valence-electron chi connectivity index (χ2n) is 4.31. The minimum absolute atomic E-state index is 0.0206. The molecule has 1 rings (SSSR count). The molecule has 0 aromatic rings. The SMILES string of the molecule is CC(CSCNCC(=O)[C@@H]1CCC(=O)N1)C(=O)O. The van der Waals surface area contributed by atoms with Gasteiger partial charge in [-0.3, -0.25) is 14.4 Å². The van der Waals surface area contributed by atoms with E-state index in [1.54, 1.807) is 6.92 Å². The molecule has 0 radical (unpaired) electrons. The molecule has 1 fully saturated rings. The molecule has 0 aliphatic carbocycles. The summed E-state index contributed by atoms with van der Waals surface area (Å²) in [6.07, 6.45) is 0.990. The van der Waals surface area contributed by atoms with Crippen LogP contribution >= 0.6 is 11.8 Å². The summed E-state index contributed by atoms with van der Waals surface area (Å²) in [6.45, 7) is 1.86. The van der Waals surface area contributed by atoms with Crippen LogP contribution in [0.25, 0.3) is 0 Å². The number of amides is 1. The van der Waals surface area contributed by atoms with E-state index in [1.165, 1.54) is 11.8 Å². The first-order valence-corrected chi connectivity index (χ1v) is 6.99. The third-order valence-electron chi connectivity index (χ3n) is 2.68. The summed E-state index contributed by atoms with van der Waals surface area (Å²) < 4.78 is 0. The van der Waals surface area contributed by atoms with E-state index < -0.39 is 5.97 Å². The van der Waals surface area contributed by atoms with Gasteiger partial charge in [0, 0.05) is 18.1 Å². The van der Waals surface area contributed by atoms with Crippen molar-refractivity contribution in [3.8, 4) is 0 Å². The lowest BCUT2D eigenvalue weighted by Crippen LogP contribution is -2.38. The third kappa shape index (κ3) is 5.05. The highest BCUT2D eigenvalue weighted by Crippen LogP contribution is 2.08. The molecule has 7 heteroatoms. The smallest absolute Gasteiger partial charge is 0.307 e. The summed E-state index contributed by atoms with van der Waals surface area (Å²) in [5.74, 6) is -0.250.